The van der Waals surface area contributed by atoms with Crippen molar-refractivity contribution < 1.29 is 13.9 Å². The number of hydrogen-bond acceptors (Lipinski definition) is 2. The Labute approximate surface area is 60.4 Å². The normalized spacial score (nSPS) is 13.7. The van der Waals surface area contributed by atoms with E-state index >= 15 is 0 Å². The average Bonchev–Trinajstić information content (AvgIpc) is 1.82. The van der Waals surface area contributed by atoms with E-state index in [9.17, 15) is 9.18 Å². The topological polar surface area (TPSA) is 26.3 Å². The number of carbonyl (C=O) groups is 1. The zero-order chi connectivity index (χ0) is 8.15. The van der Waals surface area contributed by atoms with E-state index < -0.39 is 6.36 Å². The van der Waals surface area contributed by atoms with Gasteiger partial charge in [-0.15, -0.1) is 0 Å². The molecule has 0 saturated heterocycles. The van der Waals surface area contributed by atoms with Crippen molar-refractivity contribution in [3.05, 3.63) is 0 Å². The molecule has 0 aliphatic rings. The van der Waals surface area contributed by atoms with Crippen molar-refractivity contribution in [3.8, 4) is 0 Å². The third-order valence-corrected chi connectivity index (χ3v) is 1.10. The first-order chi connectivity index (χ1) is 4.54. The Morgan fingerprint density at radius 3 is 2.30 bits per heavy atom. The molecule has 1 unspecified atom stereocenters. The van der Waals surface area contributed by atoms with Gasteiger partial charge in [0.25, 0.3) is 0 Å². The molecule has 0 spiro atoms. The van der Waals surface area contributed by atoms with Gasteiger partial charge in [-0.25, -0.2) is 4.39 Å². The fourth-order valence-electron chi connectivity index (χ4n) is 0.364. The second-order valence-electron chi connectivity index (χ2n) is 2.48. The lowest BCUT2D eigenvalue weighted by molar-refractivity contribution is -0.132. The van der Waals surface area contributed by atoms with E-state index in [0.29, 0.717) is 0 Å². The quantitative estimate of drug-likeness (QED) is 0.604. The van der Waals surface area contributed by atoms with Gasteiger partial charge in [-0.1, -0.05) is 13.8 Å². The highest BCUT2D eigenvalue weighted by Gasteiger charge is 2.08. The summed E-state index contributed by atoms with van der Waals surface area (Å²) in [5.74, 6) is -0.136. The molecular weight excluding hydrogens is 135 g/mol. The summed E-state index contributed by atoms with van der Waals surface area (Å²) < 4.78 is 16.4. The van der Waals surface area contributed by atoms with Crippen LogP contribution in [0.2, 0.25) is 0 Å². The molecular formula is C7H13FO2. The molecule has 0 aromatic rings. The maximum atomic E-state index is 12.0. The van der Waals surface area contributed by atoms with Crippen molar-refractivity contribution in [2.45, 2.75) is 27.1 Å². The zero-order valence-electron chi connectivity index (χ0n) is 6.56. The van der Waals surface area contributed by atoms with E-state index in [-0.39, 0.29) is 18.3 Å². The number of hydrogen-bond donors (Lipinski definition) is 0. The Hall–Kier alpha value is -0.440. The van der Waals surface area contributed by atoms with Crippen molar-refractivity contribution in [1.29, 1.82) is 0 Å². The Morgan fingerprint density at radius 1 is 1.50 bits per heavy atom. The summed E-state index contributed by atoms with van der Waals surface area (Å²) in [7, 11) is 0. The summed E-state index contributed by atoms with van der Waals surface area (Å²) in [6.45, 7) is 4.66. The fourth-order valence-corrected chi connectivity index (χ4v) is 0.364. The van der Waals surface area contributed by atoms with Gasteiger partial charge in [0.15, 0.2) is 12.1 Å². The van der Waals surface area contributed by atoms with Crippen molar-refractivity contribution in [2.75, 3.05) is 6.61 Å². The highest BCUT2D eigenvalue weighted by Crippen LogP contribution is 1.97. The maximum Gasteiger partial charge on any atom is 0.196 e. The smallest absolute Gasteiger partial charge is 0.196 e. The molecule has 0 aromatic heterocycles. The lowest BCUT2D eigenvalue weighted by atomic mass is 10.1. The summed E-state index contributed by atoms with van der Waals surface area (Å²) in [5, 5.41) is 0. The first-order valence-electron chi connectivity index (χ1n) is 3.32. The third kappa shape index (κ3) is 4.44. The highest BCUT2D eigenvalue weighted by molar-refractivity contribution is 5.81. The molecule has 0 saturated carbocycles. The van der Waals surface area contributed by atoms with Crippen LogP contribution in [0.4, 0.5) is 4.39 Å². The van der Waals surface area contributed by atoms with Gasteiger partial charge in [-0.3, -0.25) is 4.79 Å². The molecule has 0 rings (SSSR count). The second kappa shape index (κ2) is 4.39. The Bertz CT molecular complexity index is 110. The Balaban J connectivity index is 3.40. The lowest BCUT2D eigenvalue weighted by Gasteiger charge is -2.05. The summed E-state index contributed by atoms with van der Waals surface area (Å²) >= 11 is 0. The van der Waals surface area contributed by atoms with Crippen molar-refractivity contribution in [1.82, 2.24) is 0 Å². The predicted molar refractivity (Wildman–Crippen MR) is 36.4 cm³/mol. The van der Waals surface area contributed by atoms with Gasteiger partial charge in [-0.2, -0.15) is 0 Å². The van der Waals surface area contributed by atoms with Crippen LogP contribution < -0.4 is 0 Å². The lowest BCUT2D eigenvalue weighted by Crippen LogP contribution is -2.17. The number of carbonyl (C=O) groups excluding carboxylic acids is 1. The van der Waals surface area contributed by atoms with E-state index in [0.717, 1.165) is 0 Å². The van der Waals surface area contributed by atoms with Crippen LogP contribution in [0.15, 0.2) is 0 Å². The minimum Gasteiger partial charge on any atom is -0.340 e. The number of Topliss-reactive ketones (excluding diaryl/α,β-unsaturated/α-hetero) is 1. The standard InChI is InChI=1S/C7H13FO2/c1-5(2)7(9)4-10-6(3)8/h5-6H,4H2,1-3H3. The molecule has 0 radical (unpaired) electrons. The summed E-state index contributed by atoms with van der Waals surface area (Å²) in [4.78, 5) is 10.8. The minimum absolute atomic E-state index is 0.0653. The van der Waals surface area contributed by atoms with Crippen LogP contribution in [0.3, 0.4) is 0 Å². The van der Waals surface area contributed by atoms with Crippen LogP contribution >= 0.6 is 0 Å². The monoisotopic (exact) mass is 148 g/mol. The molecule has 0 bridgehead atoms. The van der Waals surface area contributed by atoms with Crippen LogP contribution in [0.25, 0.3) is 0 Å². The van der Waals surface area contributed by atoms with E-state index in [1.165, 1.54) is 6.92 Å². The number of rotatable bonds is 4. The van der Waals surface area contributed by atoms with E-state index in [1.807, 2.05) is 0 Å². The summed E-state index contributed by atoms with van der Waals surface area (Å²) in [5.41, 5.74) is 0. The predicted octanol–water partition coefficient (Wildman–Crippen LogP) is 1.54. The fraction of sp³-hybridized carbons (Fsp3) is 0.857. The molecule has 2 nitrogen and oxygen atoms in total. The van der Waals surface area contributed by atoms with Crippen molar-refractivity contribution in [3.63, 3.8) is 0 Å². The largest absolute Gasteiger partial charge is 0.340 e. The molecule has 1 atom stereocenters. The highest BCUT2D eigenvalue weighted by atomic mass is 19.1. The molecule has 0 heterocycles. The van der Waals surface area contributed by atoms with Gasteiger partial charge in [0.2, 0.25) is 0 Å². The summed E-state index contributed by atoms with van der Waals surface area (Å²) in [6.07, 6.45) is -1.34. The van der Waals surface area contributed by atoms with Crippen LogP contribution in [0, 0.1) is 5.92 Å². The van der Waals surface area contributed by atoms with Gasteiger partial charge >= 0.3 is 0 Å². The molecule has 0 aliphatic carbocycles. The molecule has 60 valence electrons. The van der Waals surface area contributed by atoms with Crippen LogP contribution in [-0.4, -0.2) is 18.7 Å². The summed E-state index contributed by atoms with van der Waals surface area (Å²) in [6, 6.07) is 0. The molecule has 3 heteroatoms. The Morgan fingerprint density at radius 2 is 2.00 bits per heavy atom. The average molecular weight is 148 g/mol. The van der Waals surface area contributed by atoms with Crippen LogP contribution in [0.5, 0.6) is 0 Å². The van der Waals surface area contributed by atoms with Gasteiger partial charge in [-0.05, 0) is 6.92 Å². The van der Waals surface area contributed by atoms with Crippen molar-refractivity contribution in [2.24, 2.45) is 5.92 Å². The Kier molecular flexibility index (Phi) is 4.19. The molecule has 10 heavy (non-hydrogen) atoms. The van der Waals surface area contributed by atoms with Crippen LogP contribution in [-0.2, 0) is 9.53 Å². The molecule has 0 amide bonds. The first-order valence-corrected chi connectivity index (χ1v) is 3.32. The van der Waals surface area contributed by atoms with Gasteiger partial charge in [0.1, 0.15) is 6.61 Å². The number of ether oxygens (including phenoxy) is 1. The minimum atomic E-state index is -1.34. The van der Waals surface area contributed by atoms with E-state index in [4.69, 9.17) is 0 Å². The van der Waals surface area contributed by atoms with E-state index in [2.05, 4.69) is 4.74 Å². The second-order valence-corrected chi connectivity index (χ2v) is 2.48. The zero-order valence-corrected chi connectivity index (χ0v) is 6.56. The van der Waals surface area contributed by atoms with E-state index in [1.54, 1.807) is 13.8 Å². The molecule has 0 N–H and O–H groups in total. The van der Waals surface area contributed by atoms with Gasteiger partial charge in [0, 0.05) is 5.92 Å². The maximum absolute atomic E-state index is 12.0. The van der Waals surface area contributed by atoms with Gasteiger partial charge in [0.05, 0.1) is 0 Å². The number of halogens is 1. The number of alkyl halides is 1. The molecule has 0 aliphatic heterocycles. The van der Waals surface area contributed by atoms with Gasteiger partial charge < -0.3 is 4.74 Å². The SMILES string of the molecule is CC(F)OCC(=O)C(C)C. The van der Waals surface area contributed by atoms with Crippen LogP contribution in [0.1, 0.15) is 20.8 Å². The molecule has 0 fully saturated rings. The van der Waals surface area contributed by atoms with Crippen molar-refractivity contribution >= 4 is 5.78 Å². The molecule has 0 aromatic carbocycles. The third-order valence-electron chi connectivity index (χ3n) is 1.10. The number of ketones is 1. The first kappa shape index (κ1) is 9.56.